The van der Waals surface area contributed by atoms with E-state index in [1.165, 1.54) is 0 Å². The fourth-order valence-corrected chi connectivity index (χ4v) is 1.54. The molecule has 13 heavy (non-hydrogen) atoms. The van der Waals surface area contributed by atoms with E-state index < -0.39 is 12.1 Å². The van der Waals surface area contributed by atoms with Crippen molar-refractivity contribution in [2.45, 2.75) is 18.9 Å². The van der Waals surface area contributed by atoms with Crippen LogP contribution < -0.4 is 5.32 Å². The maximum atomic E-state index is 10.5. The van der Waals surface area contributed by atoms with Crippen LogP contribution in [0.1, 0.15) is 12.8 Å². The molecular formula is C9H15NO3. The van der Waals surface area contributed by atoms with E-state index in [1.54, 1.807) is 0 Å². The van der Waals surface area contributed by atoms with Gasteiger partial charge in [-0.05, 0) is 25.3 Å². The molecule has 0 aromatic carbocycles. The van der Waals surface area contributed by atoms with E-state index in [-0.39, 0.29) is 11.5 Å². The number of carbonyl (C=O) groups is 1. The number of hydrogen-bond acceptors (Lipinski definition) is 3. The number of aliphatic hydroxyl groups is 1. The van der Waals surface area contributed by atoms with Gasteiger partial charge in [-0.15, -0.1) is 0 Å². The van der Waals surface area contributed by atoms with Gasteiger partial charge in [0.15, 0.2) is 0 Å². The highest BCUT2D eigenvalue weighted by Crippen LogP contribution is 2.20. The van der Waals surface area contributed by atoms with Crippen molar-refractivity contribution in [1.29, 1.82) is 0 Å². The largest absolute Gasteiger partial charge is 0.478 e. The van der Waals surface area contributed by atoms with E-state index in [0.717, 1.165) is 13.0 Å². The molecule has 1 heterocycles. The Morgan fingerprint density at radius 3 is 2.85 bits per heavy atom. The van der Waals surface area contributed by atoms with Crippen molar-refractivity contribution in [2.75, 3.05) is 13.1 Å². The van der Waals surface area contributed by atoms with Crippen LogP contribution in [-0.4, -0.2) is 35.4 Å². The van der Waals surface area contributed by atoms with Gasteiger partial charge in [0.25, 0.3) is 0 Å². The molecule has 0 saturated carbocycles. The van der Waals surface area contributed by atoms with Gasteiger partial charge in [0.05, 0.1) is 6.10 Å². The molecule has 0 amide bonds. The number of aliphatic hydroxyl groups excluding tert-OH is 1. The summed E-state index contributed by atoms with van der Waals surface area (Å²) in [5, 5.41) is 21.1. The minimum Gasteiger partial charge on any atom is -0.478 e. The van der Waals surface area contributed by atoms with Gasteiger partial charge in [-0.2, -0.15) is 0 Å². The predicted molar refractivity (Wildman–Crippen MR) is 48.4 cm³/mol. The second-order valence-electron chi connectivity index (χ2n) is 3.43. The molecule has 1 rings (SSSR count). The standard InChI is InChI=1S/C9H15NO3/c1-6(9(12)13)4-7-2-3-10-5-8(7)11/h7-8,10-11H,1-5H2,(H,12,13). The summed E-state index contributed by atoms with van der Waals surface area (Å²) in [5.74, 6) is -0.921. The second-order valence-corrected chi connectivity index (χ2v) is 3.43. The van der Waals surface area contributed by atoms with E-state index in [1.807, 2.05) is 0 Å². The van der Waals surface area contributed by atoms with Crippen molar-refractivity contribution in [3.05, 3.63) is 12.2 Å². The summed E-state index contributed by atoms with van der Waals surface area (Å²) in [7, 11) is 0. The molecule has 1 aliphatic rings. The smallest absolute Gasteiger partial charge is 0.330 e. The summed E-state index contributed by atoms with van der Waals surface area (Å²) in [5.41, 5.74) is 0.186. The number of nitrogens with one attached hydrogen (secondary N) is 1. The molecule has 2 unspecified atom stereocenters. The topological polar surface area (TPSA) is 69.6 Å². The van der Waals surface area contributed by atoms with Gasteiger partial charge in [-0.1, -0.05) is 6.58 Å². The molecule has 0 aromatic rings. The van der Waals surface area contributed by atoms with Gasteiger partial charge in [-0.3, -0.25) is 0 Å². The minimum atomic E-state index is -0.967. The molecule has 0 radical (unpaired) electrons. The molecule has 74 valence electrons. The lowest BCUT2D eigenvalue weighted by Gasteiger charge is -2.28. The second kappa shape index (κ2) is 4.39. The quantitative estimate of drug-likeness (QED) is 0.541. The Labute approximate surface area is 77.3 Å². The lowest BCUT2D eigenvalue weighted by molar-refractivity contribution is -0.133. The molecule has 1 aliphatic heterocycles. The van der Waals surface area contributed by atoms with E-state index in [9.17, 15) is 9.90 Å². The highest BCUT2D eigenvalue weighted by Gasteiger charge is 2.24. The molecule has 2 atom stereocenters. The van der Waals surface area contributed by atoms with Gasteiger partial charge in [0, 0.05) is 12.1 Å². The number of rotatable bonds is 3. The highest BCUT2D eigenvalue weighted by molar-refractivity contribution is 5.85. The Balaban J connectivity index is 2.42. The number of carboxylic acids is 1. The Morgan fingerprint density at radius 1 is 1.62 bits per heavy atom. The average Bonchev–Trinajstić information content (AvgIpc) is 2.08. The zero-order valence-electron chi connectivity index (χ0n) is 7.49. The Morgan fingerprint density at radius 2 is 2.31 bits per heavy atom. The van der Waals surface area contributed by atoms with Crippen LogP contribution >= 0.6 is 0 Å². The molecule has 1 saturated heterocycles. The lowest BCUT2D eigenvalue weighted by Crippen LogP contribution is -2.40. The van der Waals surface area contributed by atoms with Crippen molar-refractivity contribution in [3.8, 4) is 0 Å². The first-order valence-electron chi connectivity index (χ1n) is 4.41. The van der Waals surface area contributed by atoms with Gasteiger partial charge >= 0.3 is 5.97 Å². The van der Waals surface area contributed by atoms with E-state index in [0.29, 0.717) is 13.0 Å². The molecule has 0 aliphatic carbocycles. The number of β-amino-alcohol motifs (C(OH)–C–C–N with tert-alkyl or cyclic N) is 1. The lowest BCUT2D eigenvalue weighted by atomic mass is 9.89. The molecule has 3 N–H and O–H groups in total. The molecule has 4 heteroatoms. The fourth-order valence-electron chi connectivity index (χ4n) is 1.54. The third-order valence-corrected chi connectivity index (χ3v) is 2.40. The van der Waals surface area contributed by atoms with Crippen molar-refractivity contribution in [3.63, 3.8) is 0 Å². The van der Waals surface area contributed by atoms with Crippen molar-refractivity contribution < 1.29 is 15.0 Å². The van der Waals surface area contributed by atoms with Crippen molar-refractivity contribution in [1.82, 2.24) is 5.32 Å². The van der Waals surface area contributed by atoms with Gasteiger partial charge in [-0.25, -0.2) is 4.79 Å². The van der Waals surface area contributed by atoms with Crippen LogP contribution in [0, 0.1) is 5.92 Å². The molecule has 0 aromatic heterocycles. The van der Waals surface area contributed by atoms with E-state index >= 15 is 0 Å². The molecule has 0 bridgehead atoms. The normalized spacial score (nSPS) is 28.4. The first kappa shape index (κ1) is 10.2. The van der Waals surface area contributed by atoms with Gasteiger partial charge < -0.3 is 15.5 Å². The van der Waals surface area contributed by atoms with Gasteiger partial charge in [0.1, 0.15) is 0 Å². The summed E-state index contributed by atoms with van der Waals surface area (Å²) in [6.07, 6.45) is 0.760. The first-order chi connectivity index (χ1) is 6.11. The van der Waals surface area contributed by atoms with Crippen LogP contribution in [0.4, 0.5) is 0 Å². The van der Waals surface area contributed by atoms with E-state index in [2.05, 4.69) is 11.9 Å². The van der Waals surface area contributed by atoms with Crippen LogP contribution in [0.3, 0.4) is 0 Å². The first-order valence-corrected chi connectivity index (χ1v) is 4.41. The SMILES string of the molecule is C=C(CC1CCNCC1O)C(=O)O. The van der Waals surface area contributed by atoms with Crippen molar-refractivity contribution >= 4 is 5.97 Å². The average molecular weight is 185 g/mol. The Kier molecular flexibility index (Phi) is 3.45. The summed E-state index contributed by atoms with van der Waals surface area (Å²) >= 11 is 0. The van der Waals surface area contributed by atoms with Crippen LogP contribution in [0.2, 0.25) is 0 Å². The third kappa shape index (κ3) is 2.82. The molecular weight excluding hydrogens is 170 g/mol. The van der Waals surface area contributed by atoms with Gasteiger partial charge in [0.2, 0.25) is 0 Å². The number of hydrogen-bond donors (Lipinski definition) is 3. The van der Waals surface area contributed by atoms with Crippen LogP contribution in [-0.2, 0) is 4.79 Å². The highest BCUT2D eigenvalue weighted by atomic mass is 16.4. The number of aliphatic carboxylic acids is 1. The molecule has 1 fully saturated rings. The Hall–Kier alpha value is -0.870. The molecule has 4 nitrogen and oxygen atoms in total. The summed E-state index contributed by atoms with van der Waals surface area (Å²) < 4.78 is 0. The fraction of sp³-hybridized carbons (Fsp3) is 0.667. The summed E-state index contributed by atoms with van der Waals surface area (Å²) in [4.78, 5) is 10.5. The van der Waals surface area contributed by atoms with Crippen LogP contribution in [0.25, 0.3) is 0 Å². The predicted octanol–water partition coefficient (Wildman–Crippen LogP) is -0.0123. The number of piperidine rings is 1. The molecule has 0 spiro atoms. The summed E-state index contributed by atoms with van der Waals surface area (Å²) in [6, 6.07) is 0. The minimum absolute atomic E-state index is 0.0462. The van der Waals surface area contributed by atoms with Crippen molar-refractivity contribution in [2.24, 2.45) is 5.92 Å². The zero-order valence-corrected chi connectivity index (χ0v) is 7.49. The third-order valence-electron chi connectivity index (χ3n) is 2.40. The zero-order chi connectivity index (χ0) is 9.84. The van der Waals surface area contributed by atoms with E-state index in [4.69, 9.17) is 5.11 Å². The number of carboxylic acid groups (broad SMARTS) is 1. The maximum Gasteiger partial charge on any atom is 0.330 e. The van der Waals surface area contributed by atoms with Crippen LogP contribution in [0.5, 0.6) is 0 Å². The Bertz CT molecular complexity index is 215. The summed E-state index contributed by atoms with van der Waals surface area (Å²) in [6.45, 7) is 4.85. The maximum absolute atomic E-state index is 10.5. The van der Waals surface area contributed by atoms with Crippen LogP contribution in [0.15, 0.2) is 12.2 Å². The monoisotopic (exact) mass is 185 g/mol.